The van der Waals surface area contributed by atoms with Crippen LogP contribution in [0.3, 0.4) is 0 Å². The summed E-state index contributed by atoms with van der Waals surface area (Å²) in [6, 6.07) is 12.4. The maximum Gasteiger partial charge on any atom is 0.264 e. The van der Waals surface area contributed by atoms with Gasteiger partial charge in [-0.3, -0.25) is 4.31 Å². The van der Waals surface area contributed by atoms with E-state index in [0.717, 1.165) is 29.9 Å². The van der Waals surface area contributed by atoms with E-state index in [2.05, 4.69) is 4.98 Å². The Bertz CT molecular complexity index is 1150. The van der Waals surface area contributed by atoms with E-state index in [-0.39, 0.29) is 4.90 Å². The molecule has 7 heteroatoms. The van der Waals surface area contributed by atoms with Gasteiger partial charge in [0.2, 0.25) is 0 Å². The van der Waals surface area contributed by atoms with Gasteiger partial charge in [-0.2, -0.15) is 0 Å². The quantitative estimate of drug-likeness (QED) is 0.633. The number of ether oxygens (including phenoxy) is 1. The van der Waals surface area contributed by atoms with Crippen molar-refractivity contribution in [2.24, 2.45) is 0 Å². The van der Waals surface area contributed by atoms with E-state index in [1.54, 1.807) is 30.5 Å². The number of fused-ring (bicyclic) bond motifs is 1. The molecule has 1 fully saturated rings. The van der Waals surface area contributed by atoms with Crippen LogP contribution in [0.5, 0.6) is 5.75 Å². The first kappa shape index (κ1) is 18.2. The van der Waals surface area contributed by atoms with Crippen LogP contribution in [0.4, 0.5) is 5.69 Å². The zero-order valence-electron chi connectivity index (χ0n) is 16.2. The van der Waals surface area contributed by atoms with Gasteiger partial charge < -0.3 is 9.15 Å². The van der Waals surface area contributed by atoms with Gasteiger partial charge in [-0.05, 0) is 61.7 Å². The Balaban J connectivity index is 1.46. The number of benzene rings is 2. The molecule has 0 spiro atoms. The van der Waals surface area contributed by atoms with Crippen molar-refractivity contribution >= 4 is 15.7 Å². The van der Waals surface area contributed by atoms with Crippen LogP contribution >= 0.6 is 0 Å². The molecule has 0 N–H and O–H groups in total. The zero-order valence-corrected chi connectivity index (χ0v) is 17.0. The third kappa shape index (κ3) is 3.40. The molecule has 0 radical (unpaired) electrons. The molecule has 2 aliphatic rings. The van der Waals surface area contributed by atoms with Crippen LogP contribution in [0.15, 0.2) is 58.0 Å². The predicted molar refractivity (Wildman–Crippen MR) is 110 cm³/mol. The van der Waals surface area contributed by atoms with E-state index in [9.17, 15) is 8.42 Å². The van der Waals surface area contributed by atoms with Gasteiger partial charge >= 0.3 is 0 Å². The number of nitrogens with zero attached hydrogens (tertiary/aromatic N) is 2. The second-order valence-corrected chi connectivity index (χ2v) is 9.47. The van der Waals surface area contributed by atoms with Crippen LogP contribution in [0.1, 0.15) is 36.6 Å². The van der Waals surface area contributed by atoms with Gasteiger partial charge in [-0.1, -0.05) is 6.07 Å². The molecular formula is C22H22N2O4S. The highest BCUT2D eigenvalue weighted by Crippen LogP contribution is 2.41. The van der Waals surface area contributed by atoms with Crippen LogP contribution in [-0.4, -0.2) is 26.6 Å². The number of aryl methyl sites for hydroxylation is 1. The molecular weight excluding hydrogens is 388 g/mol. The lowest BCUT2D eigenvalue weighted by Crippen LogP contribution is -2.31. The maximum atomic E-state index is 13.4. The van der Waals surface area contributed by atoms with E-state index >= 15 is 0 Å². The van der Waals surface area contributed by atoms with E-state index in [1.165, 1.54) is 4.31 Å². The highest BCUT2D eigenvalue weighted by molar-refractivity contribution is 7.92. The Labute approximate surface area is 170 Å². The van der Waals surface area contributed by atoms with Gasteiger partial charge in [0.15, 0.2) is 11.7 Å². The van der Waals surface area contributed by atoms with Crippen LogP contribution in [0, 0.1) is 6.92 Å². The summed E-state index contributed by atoms with van der Waals surface area (Å²) in [6.07, 6.45) is 4.59. The van der Waals surface area contributed by atoms with Gasteiger partial charge in [0.1, 0.15) is 5.75 Å². The third-order valence-electron chi connectivity index (χ3n) is 5.32. The summed E-state index contributed by atoms with van der Waals surface area (Å²) >= 11 is 0. The summed E-state index contributed by atoms with van der Waals surface area (Å²) in [4.78, 5) is 4.58. The summed E-state index contributed by atoms with van der Waals surface area (Å²) in [5, 5.41) is 0. The number of hydrogen-bond donors (Lipinski definition) is 0. The van der Waals surface area contributed by atoms with E-state index < -0.39 is 10.0 Å². The Hall–Kier alpha value is -2.80. The van der Waals surface area contributed by atoms with Crippen molar-refractivity contribution in [3.05, 3.63) is 60.1 Å². The molecule has 1 aliphatic heterocycles. The lowest BCUT2D eigenvalue weighted by molar-refractivity contribution is 0.322. The van der Waals surface area contributed by atoms with Crippen molar-refractivity contribution in [1.82, 2.24) is 4.98 Å². The summed E-state index contributed by atoms with van der Waals surface area (Å²) in [6.45, 7) is 2.84. The SMILES string of the molecule is Cc1ccc2c(c1)OCCCN2S(=O)(=O)c1ccc(-c2cnc(C3CC3)o2)cc1. The van der Waals surface area contributed by atoms with Gasteiger partial charge in [-0.15, -0.1) is 0 Å². The maximum absolute atomic E-state index is 13.4. The largest absolute Gasteiger partial charge is 0.491 e. The lowest BCUT2D eigenvalue weighted by Gasteiger charge is -2.23. The summed E-state index contributed by atoms with van der Waals surface area (Å²) in [7, 11) is -3.70. The van der Waals surface area contributed by atoms with Crippen LogP contribution in [0.2, 0.25) is 0 Å². The minimum atomic E-state index is -3.70. The van der Waals surface area contributed by atoms with E-state index in [1.807, 2.05) is 25.1 Å². The molecule has 6 nitrogen and oxygen atoms in total. The molecule has 0 saturated heterocycles. The van der Waals surface area contributed by atoms with Crippen molar-refractivity contribution in [1.29, 1.82) is 0 Å². The molecule has 1 aromatic heterocycles. The summed E-state index contributed by atoms with van der Waals surface area (Å²) in [5.41, 5.74) is 2.44. The number of hydrogen-bond acceptors (Lipinski definition) is 5. The number of rotatable bonds is 4. The van der Waals surface area contributed by atoms with Gasteiger partial charge in [0.05, 0.1) is 23.4 Å². The molecule has 0 atom stereocenters. The van der Waals surface area contributed by atoms with Crippen molar-refractivity contribution in [3.63, 3.8) is 0 Å². The van der Waals surface area contributed by atoms with E-state index in [4.69, 9.17) is 9.15 Å². The molecule has 0 amide bonds. The topological polar surface area (TPSA) is 72.6 Å². The summed E-state index contributed by atoms with van der Waals surface area (Å²) < 4.78 is 39.8. The number of aromatic nitrogens is 1. The Kier molecular flexibility index (Phi) is 4.35. The highest BCUT2D eigenvalue weighted by Gasteiger charge is 2.30. The second-order valence-electron chi connectivity index (χ2n) is 7.61. The molecule has 2 aromatic carbocycles. The molecule has 2 heterocycles. The van der Waals surface area contributed by atoms with Crippen LogP contribution in [-0.2, 0) is 10.0 Å². The Morgan fingerprint density at radius 3 is 2.66 bits per heavy atom. The zero-order chi connectivity index (χ0) is 20.0. The van der Waals surface area contributed by atoms with Crippen LogP contribution in [0.25, 0.3) is 11.3 Å². The molecule has 0 bridgehead atoms. The fraction of sp³-hybridized carbons (Fsp3) is 0.318. The minimum Gasteiger partial charge on any atom is -0.491 e. The number of sulfonamides is 1. The first-order chi connectivity index (χ1) is 14.0. The van der Waals surface area contributed by atoms with Gasteiger partial charge in [0.25, 0.3) is 10.0 Å². The number of oxazole rings is 1. The average Bonchev–Trinajstić information content (AvgIpc) is 3.49. The molecule has 1 aliphatic carbocycles. The molecule has 29 heavy (non-hydrogen) atoms. The second kappa shape index (κ2) is 6.91. The fourth-order valence-corrected chi connectivity index (χ4v) is 5.08. The van der Waals surface area contributed by atoms with Crippen molar-refractivity contribution in [2.45, 2.75) is 37.0 Å². The lowest BCUT2D eigenvalue weighted by atomic mass is 10.2. The Morgan fingerprint density at radius 2 is 1.90 bits per heavy atom. The third-order valence-corrected chi connectivity index (χ3v) is 7.15. The first-order valence-corrected chi connectivity index (χ1v) is 11.3. The Morgan fingerprint density at radius 1 is 1.10 bits per heavy atom. The van der Waals surface area contributed by atoms with Crippen molar-refractivity contribution in [3.8, 4) is 17.1 Å². The van der Waals surface area contributed by atoms with Gasteiger partial charge in [-0.25, -0.2) is 13.4 Å². The molecule has 150 valence electrons. The molecule has 3 aromatic rings. The standard InChI is InChI=1S/C22H22N2O4S/c1-15-3-10-19-20(13-15)27-12-2-11-24(19)29(25,26)18-8-6-16(7-9-18)21-14-23-22(28-21)17-4-5-17/h3,6-10,13-14,17H,2,4-5,11-12H2,1H3. The average molecular weight is 410 g/mol. The van der Waals surface area contributed by atoms with Crippen molar-refractivity contribution < 1.29 is 17.6 Å². The molecule has 1 saturated carbocycles. The predicted octanol–water partition coefficient (Wildman–Crippen LogP) is 4.51. The molecule has 5 rings (SSSR count). The van der Waals surface area contributed by atoms with Crippen LogP contribution < -0.4 is 9.04 Å². The van der Waals surface area contributed by atoms with Crippen molar-refractivity contribution in [2.75, 3.05) is 17.5 Å². The fourth-order valence-electron chi connectivity index (χ4n) is 3.56. The smallest absolute Gasteiger partial charge is 0.264 e. The van der Waals surface area contributed by atoms with Gasteiger partial charge in [0, 0.05) is 24.4 Å². The monoisotopic (exact) mass is 410 g/mol. The number of anilines is 1. The first-order valence-electron chi connectivity index (χ1n) is 9.85. The normalized spacial score (nSPS) is 16.8. The minimum absolute atomic E-state index is 0.247. The summed E-state index contributed by atoms with van der Waals surface area (Å²) in [5.74, 6) is 2.49. The molecule has 0 unspecified atom stereocenters. The highest BCUT2D eigenvalue weighted by atomic mass is 32.2. The van der Waals surface area contributed by atoms with E-state index in [0.29, 0.717) is 42.7 Å².